The number of amides is 1. The number of hydrogen-bond donors (Lipinski definition) is 5. The van der Waals surface area contributed by atoms with Crippen LogP contribution >= 0.6 is 11.6 Å². The number of aliphatic hydroxyl groups is 2. The van der Waals surface area contributed by atoms with Crippen LogP contribution in [-0.4, -0.2) is 47.5 Å². The van der Waals surface area contributed by atoms with Crippen molar-refractivity contribution >= 4 is 17.5 Å². The molecule has 192 valence electrons. The Labute approximate surface area is 209 Å². The molecule has 0 spiro atoms. The number of nitrogens with one attached hydrogen (secondary N) is 2. The minimum absolute atomic E-state index is 0.116. The third kappa shape index (κ3) is 6.19. The van der Waals surface area contributed by atoms with E-state index in [4.69, 9.17) is 22.4 Å². The fourth-order valence-electron chi connectivity index (χ4n) is 4.94. The second kappa shape index (κ2) is 10.9. The van der Waals surface area contributed by atoms with E-state index in [-0.39, 0.29) is 29.0 Å². The van der Waals surface area contributed by atoms with Crippen LogP contribution in [0.3, 0.4) is 0 Å². The van der Waals surface area contributed by atoms with E-state index in [1.807, 2.05) is 20.8 Å². The van der Waals surface area contributed by atoms with Gasteiger partial charge in [0.25, 0.3) is 0 Å². The molecule has 35 heavy (non-hydrogen) atoms. The highest BCUT2D eigenvalue weighted by Gasteiger charge is 2.57. The standard InChI is InChI=1S/C26H34ClF2N3O3/c1-25(2,3)13-21-26(30,19-8-7-16(27)12-20(19)29)22(15-5-4-6-17(28)11-15)23(32-21)24(35)31-10-9-18(34)14-33/h4-8,11-12,18,21-23,32-34H,9-10,13-14,30H2,1-3H3,(H,31,35). The molecule has 6 N–H and O–H groups in total. The molecule has 5 atom stereocenters. The lowest BCUT2D eigenvalue weighted by atomic mass is 9.68. The van der Waals surface area contributed by atoms with Gasteiger partial charge >= 0.3 is 0 Å². The summed E-state index contributed by atoms with van der Waals surface area (Å²) in [5, 5.41) is 25.0. The molecule has 1 aliphatic heterocycles. The molecule has 0 aromatic heterocycles. The minimum atomic E-state index is -1.41. The van der Waals surface area contributed by atoms with Gasteiger partial charge < -0.3 is 26.6 Å². The van der Waals surface area contributed by atoms with Crippen molar-refractivity contribution < 1.29 is 23.8 Å². The van der Waals surface area contributed by atoms with Crippen LogP contribution < -0.4 is 16.4 Å². The average molecular weight is 510 g/mol. The highest BCUT2D eigenvalue weighted by Crippen LogP contribution is 2.48. The number of aliphatic hydroxyl groups excluding tert-OH is 2. The number of rotatable bonds is 8. The second-order valence-electron chi connectivity index (χ2n) is 10.5. The Kier molecular flexibility index (Phi) is 8.55. The van der Waals surface area contributed by atoms with Crippen LogP contribution in [0.15, 0.2) is 42.5 Å². The van der Waals surface area contributed by atoms with Crippen molar-refractivity contribution in [2.24, 2.45) is 11.1 Å². The fraction of sp³-hybridized carbons (Fsp3) is 0.500. The van der Waals surface area contributed by atoms with Crippen LogP contribution in [0.1, 0.15) is 50.7 Å². The molecule has 1 saturated heterocycles. The molecule has 9 heteroatoms. The van der Waals surface area contributed by atoms with Gasteiger partial charge in [-0.05, 0) is 48.1 Å². The molecule has 3 rings (SSSR count). The Balaban J connectivity index is 2.12. The lowest BCUT2D eigenvalue weighted by Crippen LogP contribution is -2.52. The maximum atomic E-state index is 15.4. The second-order valence-corrected chi connectivity index (χ2v) is 10.9. The largest absolute Gasteiger partial charge is 0.394 e. The van der Waals surface area contributed by atoms with E-state index in [1.165, 1.54) is 30.3 Å². The van der Waals surface area contributed by atoms with Crippen LogP contribution in [0, 0.1) is 17.0 Å². The van der Waals surface area contributed by atoms with Crippen molar-refractivity contribution in [3.05, 3.63) is 70.2 Å². The van der Waals surface area contributed by atoms with Crippen molar-refractivity contribution in [3.63, 3.8) is 0 Å². The Morgan fingerprint density at radius 1 is 1.26 bits per heavy atom. The van der Waals surface area contributed by atoms with Crippen LogP contribution in [0.2, 0.25) is 5.02 Å². The van der Waals surface area contributed by atoms with Crippen molar-refractivity contribution in [2.75, 3.05) is 13.2 Å². The fourth-order valence-corrected chi connectivity index (χ4v) is 5.10. The molecule has 1 heterocycles. The van der Waals surface area contributed by atoms with E-state index in [9.17, 15) is 14.3 Å². The van der Waals surface area contributed by atoms with Crippen molar-refractivity contribution in [1.82, 2.24) is 10.6 Å². The predicted octanol–water partition coefficient (Wildman–Crippen LogP) is 3.19. The molecular weight excluding hydrogens is 476 g/mol. The molecule has 2 aromatic carbocycles. The number of carbonyl (C=O) groups excluding carboxylic acids is 1. The summed E-state index contributed by atoms with van der Waals surface area (Å²) in [5.74, 6) is -2.32. The highest BCUT2D eigenvalue weighted by molar-refractivity contribution is 6.30. The molecule has 5 unspecified atom stereocenters. The summed E-state index contributed by atoms with van der Waals surface area (Å²) < 4.78 is 29.7. The maximum Gasteiger partial charge on any atom is 0.237 e. The Morgan fingerprint density at radius 3 is 2.57 bits per heavy atom. The summed E-state index contributed by atoms with van der Waals surface area (Å²) in [4.78, 5) is 13.4. The monoisotopic (exact) mass is 509 g/mol. The van der Waals surface area contributed by atoms with Crippen LogP contribution in [0.4, 0.5) is 8.78 Å². The number of benzene rings is 2. The summed E-state index contributed by atoms with van der Waals surface area (Å²) in [7, 11) is 0. The van der Waals surface area contributed by atoms with Gasteiger partial charge in [-0.1, -0.05) is 50.6 Å². The molecule has 6 nitrogen and oxygen atoms in total. The summed E-state index contributed by atoms with van der Waals surface area (Å²) in [6.45, 7) is 5.76. The van der Waals surface area contributed by atoms with Gasteiger partial charge in [-0.3, -0.25) is 4.79 Å². The van der Waals surface area contributed by atoms with Crippen LogP contribution in [-0.2, 0) is 10.3 Å². The van der Waals surface area contributed by atoms with Crippen molar-refractivity contribution in [3.8, 4) is 0 Å². The zero-order valence-corrected chi connectivity index (χ0v) is 20.9. The zero-order valence-electron chi connectivity index (χ0n) is 20.2. The lowest BCUT2D eigenvalue weighted by Gasteiger charge is -2.39. The van der Waals surface area contributed by atoms with Gasteiger partial charge in [0.2, 0.25) is 5.91 Å². The molecule has 1 aliphatic rings. The summed E-state index contributed by atoms with van der Waals surface area (Å²) in [5.41, 5.74) is 6.12. The summed E-state index contributed by atoms with van der Waals surface area (Å²) in [6, 6.07) is 8.65. The molecule has 0 radical (unpaired) electrons. The molecule has 0 aliphatic carbocycles. The normalized spacial score (nSPS) is 25.5. The van der Waals surface area contributed by atoms with Gasteiger partial charge in [0.05, 0.1) is 24.3 Å². The van der Waals surface area contributed by atoms with E-state index in [2.05, 4.69) is 10.6 Å². The van der Waals surface area contributed by atoms with E-state index in [1.54, 1.807) is 12.1 Å². The molecular formula is C26H34ClF2N3O3. The molecule has 0 bridgehead atoms. The molecule has 2 aromatic rings. The Bertz CT molecular complexity index is 1050. The van der Waals surface area contributed by atoms with Gasteiger partial charge in [0.1, 0.15) is 11.6 Å². The molecule has 0 saturated carbocycles. The summed E-state index contributed by atoms with van der Waals surface area (Å²) >= 11 is 6.01. The first-order chi connectivity index (χ1) is 16.4. The average Bonchev–Trinajstić information content (AvgIpc) is 3.04. The third-order valence-electron chi connectivity index (χ3n) is 6.50. The van der Waals surface area contributed by atoms with Crippen LogP contribution in [0.5, 0.6) is 0 Å². The predicted molar refractivity (Wildman–Crippen MR) is 132 cm³/mol. The Morgan fingerprint density at radius 2 is 1.97 bits per heavy atom. The SMILES string of the molecule is CC(C)(C)CC1NC(C(=O)NCCC(O)CO)C(c2cccc(F)c2)C1(N)c1ccc(Cl)cc1F. The zero-order chi connectivity index (χ0) is 26.0. The molecule has 1 amide bonds. The van der Waals surface area contributed by atoms with Gasteiger partial charge in [-0.15, -0.1) is 0 Å². The first kappa shape index (κ1) is 27.5. The smallest absolute Gasteiger partial charge is 0.237 e. The van der Waals surface area contributed by atoms with E-state index >= 15 is 4.39 Å². The van der Waals surface area contributed by atoms with Crippen molar-refractivity contribution in [1.29, 1.82) is 0 Å². The highest BCUT2D eigenvalue weighted by atomic mass is 35.5. The lowest BCUT2D eigenvalue weighted by molar-refractivity contribution is -0.123. The quantitative estimate of drug-likeness (QED) is 0.375. The van der Waals surface area contributed by atoms with Crippen molar-refractivity contribution in [2.45, 2.75) is 63.3 Å². The Hall–Kier alpha value is -2.10. The number of halogens is 3. The number of carbonyl (C=O) groups is 1. The topological polar surface area (TPSA) is 108 Å². The van der Waals surface area contributed by atoms with E-state index < -0.39 is 53.8 Å². The van der Waals surface area contributed by atoms with Gasteiger partial charge in [-0.25, -0.2) is 8.78 Å². The van der Waals surface area contributed by atoms with E-state index in [0.717, 1.165) is 0 Å². The van der Waals surface area contributed by atoms with Gasteiger partial charge in [0.15, 0.2) is 0 Å². The summed E-state index contributed by atoms with van der Waals surface area (Å²) in [6.07, 6.45) is -0.300. The van der Waals surface area contributed by atoms with Crippen LogP contribution in [0.25, 0.3) is 0 Å². The molecule has 1 fully saturated rings. The van der Waals surface area contributed by atoms with Gasteiger partial charge in [-0.2, -0.15) is 0 Å². The van der Waals surface area contributed by atoms with Gasteiger partial charge in [0, 0.05) is 29.1 Å². The first-order valence-electron chi connectivity index (χ1n) is 11.7. The minimum Gasteiger partial charge on any atom is -0.394 e. The first-order valence-corrected chi connectivity index (χ1v) is 12.1. The number of hydrogen-bond acceptors (Lipinski definition) is 5. The third-order valence-corrected chi connectivity index (χ3v) is 6.73. The van der Waals surface area contributed by atoms with E-state index in [0.29, 0.717) is 12.0 Å². The number of nitrogens with two attached hydrogens (primary N) is 1. The maximum absolute atomic E-state index is 15.4.